The highest BCUT2D eigenvalue weighted by atomic mass is 19.1. The van der Waals surface area contributed by atoms with Crippen molar-refractivity contribution in [1.29, 1.82) is 0 Å². The average molecular weight is 339 g/mol. The Balaban J connectivity index is 1.88. The highest BCUT2D eigenvalue weighted by Crippen LogP contribution is 2.25. The molecule has 4 amide bonds. The molecule has 2 N–H and O–H groups in total. The van der Waals surface area contributed by atoms with Gasteiger partial charge in [-0.1, -0.05) is 36.9 Å². The third kappa shape index (κ3) is 3.12. The lowest BCUT2D eigenvalue weighted by atomic mass is 10.0. The van der Waals surface area contributed by atoms with Gasteiger partial charge < -0.3 is 5.32 Å². The number of anilines is 2. The SMILES string of the molecule is C=C(Nc1ccccc1F)[C@H]1C(=O)NC(=O)N(c2ccccc2)C1=O. The Morgan fingerprint density at radius 3 is 2.36 bits per heavy atom. The van der Waals surface area contributed by atoms with E-state index >= 15 is 0 Å². The Bertz CT molecular complexity index is 867. The van der Waals surface area contributed by atoms with E-state index in [2.05, 4.69) is 17.2 Å². The highest BCUT2D eigenvalue weighted by Gasteiger charge is 2.43. The van der Waals surface area contributed by atoms with Gasteiger partial charge in [-0.05, 0) is 24.3 Å². The van der Waals surface area contributed by atoms with Gasteiger partial charge >= 0.3 is 6.03 Å². The number of benzene rings is 2. The zero-order valence-electron chi connectivity index (χ0n) is 13.0. The summed E-state index contributed by atoms with van der Waals surface area (Å²) in [5, 5.41) is 4.76. The molecule has 3 rings (SSSR count). The summed E-state index contributed by atoms with van der Waals surface area (Å²) < 4.78 is 13.8. The smallest absolute Gasteiger partial charge is 0.335 e. The van der Waals surface area contributed by atoms with E-state index in [1.807, 2.05) is 0 Å². The minimum atomic E-state index is -1.36. The molecule has 1 fully saturated rings. The molecule has 1 aliphatic rings. The van der Waals surface area contributed by atoms with Gasteiger partial charge in [0.2, 0.25) is 5.91 Å². The van der Waals surface area contributed by atoms with Gasteiger partial charge in [-0.2, -0.15) is 0 Å². The summed E-state index contributed by atoms with van der Waals surface area (Å²) >= 11 is 0. The number of hydrogen-bond donors (Lipinski definition) is 2. The van der Waals surface area contributed by atoms with E-state index in [1.165, 1.54) is 18.2 Å². The van der Waals surface area contributed by atoms with Crippen LogP contribution < -0.4 is 15.5 Å². The average Bonchev–Trinajstić information content (AvgIpc) is 2.57. The number of rotatable bonds is 4. The molecule has 7 heteroatoms. The number of urea groups is 1. The summed E-state index contributed by atoms with van der Waals surface area (Å²) in [6.07, 6.45) is 0. The van der Waals surface area contributed by atoms with Crippen LogP contribution in [0.5, 0.6) is 0 Å². The molecule has 0 radical (unpaired) electrons. The highest BCUT2D eigenvalue weighted by molar-refractivity contribution is 6.28. The number of para-hydroxylation sites is 2. The number of carbonyl (C=O) groups excluding carboxylic acids is 3. The summed E-state index contributed by atoms with van der Waals surface area (Å²) in [5.41, 5.74) is 0.374. The summed E-state index contributed by atoms with van der Waals surface area (Å²) in [4.78, 5) is 37.8. The van der Waals surface area contributed by atoms with Crippen LogP contribution in [0.4, 0.5) is 20.6 Å². The van der Waals surface area contributed by atoms with E-state index in [9.17, 15) is 18.8 Å². The van der Waals surface area contributed by atoms with Crippen molar-refractivity contribution in [3.8, 4) is 0 Å². The van der Waals surface area contributed by atoms with Crippen molar-refractivity contribution >= 4 is 29.2 Å². The summed E-state index contributed by atoms with van der Waals surface area (Å²) in [6, 6.07) is 13.1. The van der Waals surface area contributed by atoms with Crippen molar-refractivity contribution in [2.75, 3.05) is 10.2 Å². The molecule has 1 heterocycles. The number of carbonyl (C=O) groups is 3. The molecule has 2 aromatic carbocycles. The third-order valence-corrected chi connectivity index (χ3v) is 3.69. The molecular weight excluding hydrogens is 325 g/mol. The van der Waals surface area contributed by atoms with Gasteiger partial charge in [-0.15, -0.1) is 0 Å². The van der Waals surface area contributed by atoms with Crippen LogP contribution in [-0.2, 0) is 9.59 Å². The Labute approximate surface area is 142 Å². The molecule has 6 nitrogen and oxygen atoms in total. The van der Waals surface area contributed by atoms with E-state index in [0.717, 1.165) is 4.90 Å². The lowest BCUT2D eigenvalue weighted by Crippen LogP contribution is -2.59. The first-order chi connectivity index (χ1) is 12.0. The topological polar surface area (TPSA) is 78.5 Å². The molecule has 0 unspecified atom stereocenters. The van der Waals surface area contributed by atoms with E-state index < -0.39 is 29.6 Å². The summed E-state index contributed by atoms with van der Waals surface area (Å²) in [6.45, 7) is 3.67. The fourth-order valence-corrected chi connectivity index (χ4v) is 2.51. The van der Waals surface area contributed by atoms with Crippen LogP contribution in [0.2, 0.25) is 0 Å². The fourth-order valence-electron chi connectivity index (χ4n) is 2.51. The Morgan fingerprint density at radius 1 is 1.04 bits per heavy atom. The Hall–Kier alpha value is -3.48. The summed E-state index contributed by atoms with van der Waals surface area (Å²) in [7, 11) is 0. The van der Waals surface area contributed by atoms with Crippen molar-refractivity contribution in [2.24, 2.45) is 5.92 Å². The Morgan fingerprint density at radius 2 is 1.68 bits per heavy atom. The second-order valence-corrected chi connectivity index (χ2v) is 5.37. The van der Waals surface area contributed by atoms with Crippen LogP contribution in [-0.4, -0.2) is 17.8 Å². The summed E-state index contributed by atoms with van der Waals surface area (Å²) in [5.74, 6) is -3.48. The maximum absolute atomic E-state index is 13.8. The van der Waals surface area contributed by atoms with Crippen molar-refractivity contribution in [2.45, 2.75) is 0 Å². The van der Waals surface area contributed by atoms with E-state index in [-0.39, 0.29) is 11.4 Å². The second kappa shape index (κ2) is 6.56. The monoisotopic (exact) mass is 339 g/mol. The molecule has 1 aliphatic heterocycles. The van der Waals surface area contributed by atoms with Crippen LogP contribution in [0.1, 0.15) is 0 Å². The first-order valence-corrected chi connectivity index (χ1v) is 7.43. The van der Waals surface area contributed by atoms with E-state index in [4.69, 9.17) is 0 Å². The van der Waals surface area contributed by atoms with Crippen molar-refractivity contribution < 1.29 is 18.8 Å². The minimum absolute atomic E-state index is 0.0268. The van der Waals surface area contributed by atoms with Gasteiger partial charge in [-0.25, -0.2) is 14.1 Å². The van der Waals surface area contributed by atoms with Crippen LogP contribution in [0, 0.1) is 11.7 Å². The normalized spacial score (nSPS) is 17.2. The van der Waals surface area contributed by atoms with Gasteiger partial charge in [0.1, 0.15) is 5.82 Å². The first kappa shape index (κ1) is 16.4. The van der Waals surface area contributed by atoms with Crippen molar-refractivity contribution in [3.63, 3.8) is 0 Å². The van der Waals surface area contributed by atoms with Gasteiger partial charge in [0.15, 0.2) is 5.92 Å². The number of barbiturate groups is 1. The fraction of sp³-hybridized carbons (Fsp3) is 0.0556. The maximum Gasteiger partial charge on any atom is 0.335 e. The van der Waals surface area contributed by atoms with Crippen LogP contribution in [0.25, 0.3) is 0 Å². The van der Waals surface area contributed by atoms with Gasteiger partial charge in [0.25, 0.3) is 5.91 Å². The lowest BCUT2D eigenvalue weighted by molar-refractivity contribution is -0.132. The zero-order chi connectivity index (χ0) is 18.0. The molecule has 126 valence electrons. The van der Waals surface area contributed by atoms with Crippen LogP contribution in [0.3, 0.4) is 0 Å². The number of hydrogen-bond acceptors (Lipinski definition) is 4. The van der Waals surface area contributed by atoms with E-state index in [0.29, 0.717) is 5.69 Å². The maximum atomic E-state index is 13.8. The van der Waals surface area contributed by atoms with Crippen molar-refractivity contribution in [1.82, 2.24) is 5.32 Å². The van der Waals surface area contributed by atoms with Crippen molar-refractivity contribution in [3.05, 3.63) is 72.7 Å². The molecule has 2 aromatic rings. The number of nitrogens with zero attached hydrogens (tertiary/aromatic N) is 1. The number of halogens is 1. The molecular formula is C18H14FN3O3. The predicted molar refractivity (Wildman–Crippen MR) is 90.1 cm³/mol. The lowest BCUT2D eigenvalue weighted by Gasteiger charge is -2.31. The third-order valence-electron chi connectivity index (χ3n) is 3.69. The molecule has 25 heavy (non-hydrogen) atoms. The molecule has 1 saturated heterocycles. The minimum Gasteiger partial charge on any atom is -0.356 e. The van der Waals surface area contributed by atoms with Gasteiger partial charge in [0.05, 0.1) is 11.4 Å². The molecule has 0 aromatic heterocycles. The van der Waals surface area contributed by atoms with Crippen LogP contribution in [0.15, 0.2) is 66.9 Å². The molecule has 0 spiro atoms. The van der Waals surface area contributed by atoms with Crippen LogP contribution >= 0.6 is 0 Å². The van der Waals surface area contributed by atoms with Gasteiger partial charge in [0, 0.05) is 5.70 Å². The Kier molecular flexibility index (Phi) is 4.30. The molecule has 1 atom stereocenters. The number of amides is 4. The predicted octanol–water partition coefficient (Wildman–Crippen LogP) is 2.65. The second-order valence-electron chi connectivity index (χ2n) is 5.37. The first-order valence-electron chi connectivity index (χ1n) is 7.43. The molecule has 0 saturated carbocycles. The van der Waals surface area contributed by atoms with E-state index in [1.54, 1.807) is 36.4 Å². The molecule has 0 aliphatic carbocycles. The molecule has 0 bridgehead atoms. The standard InChI is InChI=1S/C18H14FN3O3/c1-11(20-14-10-6-5-9-13(14)19)15-16(23)21-18(25)22(17(15)24)12-7-3-2-4-8-12/h2-10,15,20H,1H2,(H,21,23,25)/t15-/m0/s1. The largest absolute Gasteiger partial charge is 0.356 e. The van der Waals surface area contributed by atoms with Gasteiger partial charge in [-0.3, -0.25) is 14.9 Å². The quantitative estimate of drug-likeness (QED) is 0.840. The zero-order valence-corrected chi connectivity index (χ0v) is 13.0. The number of nitrogens with one attached hydrogen (secondary N) is 2. The number of imide groups is 2.